The molecule has 1 aliphatic rings. The first-order valence-electron chi connectivity index (χ1n) is 2.29. The van der Waals surface area contributed by atoms with Gasteiger partial charge in [0.2, 0.25) is 0 Å². The van der Waals surface area contributed by atoms with E-state index < -0.39 is 0 Å². The van der Waals surface area contributed by atoms with Crippen molar-refractivity contribution in [1.82, 2.24) is 5.16 Å². The molecule has 0 fully saturated rings. The van der Waals surface area contributed by atoms with E-state index in [4.69, 9.17) is 0 Å². The smallest absolute Gasteiger partial charge is 0.217 e. The van der Waals surface area contributed by atoms with Crippen LogP contribution in [0.5, 0.6) is 0 Å². The highest BCUT2D eigenvalue weighted by Crippen LogP contribution is 1.88. The van der Waals surface area contributed by atoms with E-state index in [1.54, 1.807) is 6.08 Å². The molecule has 0 atom stereocenters. The van der Waals surface area contributed by atoms with Crippen molar-refractivity contribution in [2.75, 3.05) is 0 Å². The molecule has 1 heterocycles. The van der Waals surface area contributed by atoms with E-state index in [2.05, 4.69) is 21.6 Å². The van der Waals surface area contributed by atoms with Crippen LogP contribution >= 0.6 is 0 Å². The lowest BCUT2D eigenvalue weighted by atomic mass is 10.4. The van der Waals surface area contributed by atoms with Crippen LogP contribution < -0.4 is 5.16 Å². The fourth-order valence-corrected chi connectivity index (χ4v) is 0.411. The molecule has 0 saturated heterocycles. The Kier molecular flexibility index (Phi) is 1.42. The maximum atomic E-state index is 4.46. The molecule has 0 saturated carbocycles. The van der Waals surface area contributed by atoms with E-state index >= 15 is 0 Å². The molecule has 0 aromatic rings. The zero-order valence-electron chi connectivity index (χ0n) is 4.37. The van der Waals surface area contributed by atoms with Crippen molar-refractivity contribution >= 4 is 12.2 Å². The molecular formula is C5H6N2O+. The van der Waals surface area contributed by atoms with E-state index in [9.17, 15) is 0 Å². The average Bonchev–Trinajstić information content (AvgIpc) is 2.19. The fraction of sp³-hybridized carbons (Fsp3) is 0.200. The number of oxime groups is 1. The summed E-state index contributed by atoms with van der Waals surface area (Å²) in [5, 5.41) is 3.55. The molecular weight excluding hydrogens is 104 g/mol. The molecule has 0 spiro atoms. The van der Waals surface area contributed by atoms with Gasteiger partial charge in [0.15, 0.2) is 5.16 Å². The third kappa shape index (κ3) is 0.932. The van der Waals surface area contributed by atoms with Crippen LogP contribution in [0.2, 0.25) is 0 Å². The Labute approximate surface area is 47.4 Å². The lowest BCUT2D eigenvalue weighted by Gasteiger charge is -1.67. The third-order valence-electron chi connectivity index (χ3n) is 0.734. The van der Waals surface area contributed by atoms with Gasteiger partial charge in [0.05, 0.1) is 6.42 Å². The summed E-state index contributed by atoms with van der Waals surface area (Å²) in [7, 11) is 0. The van der Waals surface area contributed by atoms with Crippen molar-refractivity contribution in [3.8, 4) is 0 Å². The molecule has 0 amide bonds. The topological polar surface area (TPSA) is 35.7 Å². The van der Waals surface area contributed by atoms with Crippen LogP contribution in [0.1, 0.15) is 6.42 Å². The van der Waals surface area contributed by atoms with Crippen LogP contribution in [0.15, 0.2) is 17.6 Å². The highest BCUT2D eigenvalue weighted by atomic mass is 16.6. The van der Waals surface area contributed by atoms with Crippen molar-refractivity contribution in [3.05, 3.63) is 12.7 Å². The van der Waals surface area contributed by atoms with Gasteiger partial charge in [0.1, 0.15) is 0 Å². The Morgan fingerprint density at radius 1 is 2.00 bits per heavy atom. The molecule has 0 unspecified atom stereocenters. The molecule has 1 rings (SSSR count). The van der Waals surface area contributed by atoms with Gasteiger partial charge in [-0.25, -0.2) is 4.84 Å². The Morgan fingerprint density at radius 2 is 2.88 bits per heavy atom. The minimum absolute atomic E-state index is 0.677. The minimum Gasteiger partial charge on any atom is -0.217 e. The number of nitrogens with zero attached hydrogens (tertiary/aromatic N) is 2. The van der Waals surface area contributed by atoms with Gasteiger partial charge in [-0.05, 0) is 4.99 Å². The van der Waals surface area contributed by atoms with Gasteiger partial charge in [0, 0.05) is 0 Å². The molecule has 0 aromatic carbocycles. The largest absolute Gasteiger partial charge is 0.393 e. The maximum absolute atomic E-state index is 4.46. The summed E-state index contributed by atoms with van der Waals surface area (Å²) < 4.78 is 0. The van der Waals surface area contributed by atoms with Crippen LogP contribution in [0, 0.1) is 0 Å². The zero-order chi connectivity index (χ0) is 5.82. The Balaban J connectivity index is 2.45. The number of rotatable bonds is 2. The highest BCUT2D eigenvalue weighted by molar-refractivity contribution is 5.90. The lowest BCUT2D eigenvalue weighted by molar-refractivity contribution is 0.291. The predicted molar refractivity (Wildman–Crippen MR) is 31.5 cm³/mol. The van der Waals surface area contributed by atoms with Crippen molar-refractivity contribution in [3.63, 3.8) is 0 Å². The minimum atomic E-state index is 0.677. The third-order valence-corrected chi connectivity index (χ3v) is 0.734. The van der Waals surface area contributed by atoms with Gasteiger partial charge in [-0.15, -0.1) is 6.58 Å². The van der Waals surface area contributed by atoms with Crippen LogP contribution in [0.25, 0.3) is 0 Å². The number of hydrogen-bond acceptors (Lipinski definition) is 3. The molecule has 8 heavy (non-hydrogen) atoms. The first kappa shape index (κ1) is 5.03. The summed E-state index contributed by atoms with van der Waals surface area (Å²) >= 11 is 0. The summed E-state index contributed by atoms with van der Waals surface area (Å²) in [6.07, 6.45) is 3.71. The summed E-state index contributed by atoms with van der Waals surface area (Å²) in [5.74, 6) is 0.681. The molecule has 41 valence electrons. The number of amidine groups is 1. The Morgan fingerprint density at radius 3 is 3.38 bits per heavy atom. The van der Waals surface area contributed by atoms with E-state index in [0.717, 1.165) is 0 Å². The van der Waals surface area contributed by atoms with Crippen molar-refractivity contribution < 1.29 is 4.84 Å². The molecule has 0 N–H and O–H groups in total. The average molecular weight is 110 g/mol. The van der Waals surface area contributed by atoms with Crippen LogP contribution in [-0.4, -0.2) is 12.2 Å². The zero-order valence-corrected chi connectivity index (χ0v) is 4.37. The van der Waals surface area contributed by atoms with E-state index in [-0.39, 0.29) is 0 Å². The molecule has 3 heteroatoms. The van der Waals surface area contributed by atoms with E-state index in [1.165, 1.54) is 6.40 Å². The fourth-order valence-electron chi connectivity index (χ4n) is 0.411. The van der Waals surface area contributed by atoms with Gasteiger partial charge in [-0.2, -0.15) is 0 Å². The summed E-state index contributed by atoms with van der Waals surface area (Å²) in [6.45, 7) is 3.51. The van der Waals surface area contributed by atoms with Gasteiger partial charge >= 0.3 is 12.2 Å². The SMILES string of the molecule is C=CCC1=[N+]OC=N1. The highest BCUT2D eigenvalue weighted by Gasteiger charge is 2.13. The van der Waals surface area contributed by atoms with Gasteiger partial charge < -0.3 is 0 Å². The van der Waals surface area contributed by atoms with Crippen molar-refractivity contribution in [2.45, 2.75) is 6.42 Å². The molecule has 0 aliphatic carbocycles. The number of aliphatic imine (C=N–C) groups is 1. The first-order valence-corrected chi connectivity index (χ1v) is 2.29. The second-order valence-corrected chi connectivity index (χ2v) is 1.34. The maximum Gasteiger partial charge on any atom is 0.393 e. The van der Waals surface area contributed by atoms with Crippen molar-refractivity contribution in [1.29, 1.82) is 0 Å². The lowest BCUT2D eigenvalue weighted by Crippen LogP contribution is -1.94. The molecule has 3 nitrogen and oxygen atoms in total. The van der Waals surface area contributed by atoms with E-state index in [1.807, 2.05) is 0 Å². The van der Waals surface area contributed by atoms with Crippen LogP contribution in [0.4, 0.5) is 0 Å². The van der Waals surface area contributed by atoms with Crippen molar-refractivity contribution in [2.24, 2.45) is 4.99 Å². The predicted octanol–water partition coefficient (Wildman–Crippen LogP) is 0.270. The summed E-state index contributed by atoms with van der Waals surface area (Å²) in [6, 6.07) is 0. The molecule has 1 radical (unpaired) electrons. The summed E-state index contributed by atoms with van der Waals surface area (Å²) in [5.41, 5.74) is 0. The number of hydrogen-bond donors (Lipinski definition) is 0. The second kappa shape index (κ2) is 2.26. The second-order valence-electron chi connectivity index (χ2n) is 1.34. The van der Waals surface area contributed by atoms with E-state index in [0.29, 0.717) is 12.3 Å². The van der Waals surface area contributed by atoms with Gasteiger partial charge in [-0.3, -0.25) is 0 Å². The quantitative estimate of drug-likeness (QED) is 0.470. The van der Waals surface area contributed by atoms with Gasteiger partial charge in [0.25, 0.3) is 0 Å². The molecule has 0 bridgehead atoms. The molecule has 1 aliphatic heterocycles. The molecule has 0 aromatic heterocycles. The Hall–Kier alpha value is -1.12. The Bertz CT molecular complexity index is 149. The van der Waals surface area contributed by atoms with Gasteiger partial charge in [-0.1, -0.05) is 6.08 Å². The summed E-state index contributed by atoms with van der Waals surface area (Å²) in [4.78, 5) is 8.22. The van der Waals surface area contributed by atoms with Crippen LogP contribution in [-0.2, 0) is 4.84 Å². The van der Waals surface area contributed by atoms with Crippen LogP contribution in [0.3, 0.4) is 0 Å². The normalized spacial score (nSPS) is 15.2. The monoisotopic (exact) mass is 110 g/mol. The first-order chi connectivity index (χ1) is 3.93. The standard InChI is InChI=1S/C5H6N2O/c1-2-3-5-6-4-8-7-5/h2,4H,1,3H2/q+1.